The van der Waals surface area contributed by atoms with Crippen LogP contribution in [0.2, 0.25) is 0 Å². The van der Waals surface area contributed by atoms with E-state index in [2.05, 4.69) is 19.9 Å². The Morgan fingerprint density at radius 3 is 3.05 bits per heavy atom. The van der Waals surface area contributed by atoms with E-state index < -0.39 is 0 Å². The third-order valence-corrected chi connectivity index (χ3v) is 3.20. The van der Waals surface area contributed by atoms with Crippen LogP contribution in [0.1, 0.15) is 16.1 Å². The lowest BCUT2D eigenvalue weighted by Gasteiger charge is -2.27. The van der Waals surface area contributed by atoms with Gasteiger partial charge in [0.1, 0.15) is 0 Å². The van der Waals surface area contributed by atoms with E-state index in [0.717, 1.165) is 38.5 Å². The number of carbonyl (C=O) groups excluding carboxylic acids is 1. The van der Waals surface area contributed by atoms with Gasteiger partial charge in [0.2, 0.25) is 0 Å². The van der Waals surface area contributed by atoms with E-state index in [1.54, 1.807) is 12.3 Å². The van der Waals surface area contributed by atoms with Crippen LogP contribution in [0, 0.1) is 0 Å². The first-order chi connectivity index (χ1) is 9.69. The molecule has 20 heavy (non-hydrogen) atoms. The lowest BCUT2D eigenvalue weighted by molar-refractivity contribution is 0.00868. The first-order valence-electron chi connectivity index (χ1n) is 6.73. The topological polar surface area (TPSA) is 63.7 Å². The maximum absolute atomic E-state index is 11.3. The van der Waals surface area contributed by atoms with Crippen molar-refractivity contribution in [2.45, 2.75) is 12.6 Å². The highest BCUT2D eigenvalue weighted by Gasteiger charge is 2.15. The number of aromatic nitrogens is 1. The molecule has 0 saturated carbocycles. The van der Waals surface area contributed by atoms with Gasteiger partial charge >= 0.3 is 5.97 Å². The molecule has 1 aliphatic rings. The number of esters is 1. The number of hydrogen-bond acceptors (Lipinski definition) is 6. The van der Waals surface area contributed by atoms with Crippen LogP contribution in [0.5, 0.6) is 0 Å². The molecule has 2 rings (SSSR count). The number of nitrogens with zero attached hydrogens (tertiary/aromatic N) is 2. The predicted octanol–water partition coefficient (Wildman–Crippen LogP) is 0.288. The van der Waals surface area contributed by atoms with Gasteiger partial charge in [-0.15, -0.1) is 0 Å². The molecule has 1 aliphatic heterocycles. The Hall–Kier alpha value is -1.50. The first-order valence-corrected chi connectivity index (χ1v) is 6.73. The third kappa shape index (κ3) is 4.26. The molecule has 0 aromatic carbocycles. The van der Waals surface area contributed by atoms with Gasteiger partial charge < -0.3 is 14.8 Å². The van der Waals surface area contributed by atoms with Gasteiger partial charge in [-0.1, -0.05) is 0 Å². The highest BCUT2D eigenvalue weighted by molar-refractivity contribution is 5.88. The number of methoxy groups -OCH3 is 1. The second kappa shape index (κ2) is 7.33. The second-order valence-electron chi connectivity index (χ2n) is 4.92. The Morgan fingerprint density at radius 2 is 2.45 bits per heavy atom. The molecule has 1 fully saturated rings. The molecule has 0 amide bonds. The summed E-state index contributed by atoms with van der Waals surface area (Å²) in [6, 6.07) is 3.59. The van der Waals surface area contributed by atoms with E-state index in [4.69, 9.17) is 4.74 Å². The van der Waals surface area contributed by atoms with Gasteiger partial charge in [0.25, 0.3) is 0 Å². The molecule has 1 N–H and O–H groups in total. The summed E-state index contributed by atoms with van der Waals surface area (Å²) in [7, 11) is 3.40. The third-order valence-electron chi connectivity index (χ3n) is 3.20. The lowest BCUT2D eigenvalue weighted by Crippen LogP contribution is -2.44. The maximum atomic E-state index is 11.3. The summed E-state index contributed by atoms with van der Waals surface area (Å²) < 4.78 is 10.3. The standard InChI is InChI=1S/C14H21N3O3/c1-17(10-13-8-15-5-6-20-13)9-12-4-3-11(7-16-12)14(18)19-2/h3-4,7,13,15H,5-6,8-10H2,1-2H3. The molecular formula is C14H21N3O3. The average Bonchev–Trinajstić information content (AvgIpc) is 2.48. The number of morpholine rings is 1. The quantitative estimate of drug-likeness (QED) is 0.782. The zero-order chi connectivity index (χ0) is 14.4. The highest BCUT2D eigenvalue weighted by Crippen LogP contribution is 2.06. The molecule has 0 aliphatic carbocycles. The molecule has 2 heterocycles. The van der Waals surface area contributed by atoms with Crippen LogP contribution >= 0.6 is 0 Å². The summed E-state index contributed by atoms with van der Waals surface area (Å²) in [6.45, 7) is 4.16. The Balaban J connectivity index is 1.84. The first kappa shape index (κ1) is 14.9. The largest absolute Gasteiger partial charge is 0.465 e. The molecule has 0 bridgehead atoms. The zero-order valence-corrected chi connectivity index (χ0v) is 12.0. The van der Waals surface area contributed by atoms with E-state index >= 15 is 0 Å². The summed E-state index contributed by atoms with van der Waals surface area (Å²) in [5, 5.41) is 3.31. The maximum Gasteiger partial charge on any atom is 0.339 e. The van der Waals surface area contributed by atoms with Crippen LogP contribution in [0.15, 0.2) is 18.3 Å². The summed E-state index contributed by atoms with van der Waals surface area (Å²) in [6.07, 6.45) is 1.77. The minimum absolute atomic E-state index is 0.225. The molecule has 6 nitrogen and oxygen atoms in total. The molecule has 6 heteroatoms. The Bertz CT molecular complexity index is 430. The zero-order valence-electron chi connectivity index (χ0n) is 12.0. The minimum atomic E-state index is -0.362. The summed E-state index contributed by atoms with van der Waals surface area (Å²) in [5.41, 5.74) is 1.39. The number of likely N-dealkylation sites (N-methyl/N-ethyl adjacent to an activating group) is 1. The smallest absolute Gasteiger partial charge is 0.339 e. The van der Waals surface area contributed by atoms with Gasteiger partial charge in [-0.25, -0.2) is 4.79 Å². The van der Waals surface area contributed by atoms with E-state index in [0.29, 0.717) is 5.56 Å². The number of pyridine rings is 1. The summed E-state index contributed by atoms with van der Waals surface area (Å²) >= 11 is 0. The number of nitrogens with one attached hydrogen (secondary N) is 1. The van der Waals surface area contributed by atoms with Crippen molar-refractivity contribution >= 4 is 5.97 Å². The van der Waals surface area contributed by atoms with Gasteiger partial charge in [-0.05, 0) is 19.2 Å². The highest BCUT2D eigenvalue weighted by atomic mass is 16.5. The summed E-state index contributed by atoms with van der Waals surface area (Å²) in [4.78, 5) is 17.8. The number of ether oxygens (including phenoxy) is 2. The molecule has 1 aromatic heterocycles. The average molecular weight is 279 g/mol. The van der Waals surface area contributed by atoms with Crippen molar-refractivity contribution in [3.05, 3.63) is 29.6 Å². The van der Waals surface area contributed by atoms with Gasteiger partial charge in [-0.3, -0.25) is 9.88 Å². The van der Waals surface area contributed by atoms with Crippen molar-refractivity contribution in [2.75, 3.05) is 40.4 Å². The normalized spacial score (nSPS) is 19.1. The number of carbonyl (C=O) groups is 1. The molecule has 1 atom stereocenters. The minimum Gasteiger partial charge on any atom is -0.465 e. The van der Waals surface area contributed by atoms with Gasteiger partial charge in [0, 0.05) is 32.4 Å². The molecule has 1 unspecified atom stereocenters. The monoisotopic (exact) mass is 279 g/mol. The van der Waals surface area contributed by atoms with Crippen molar-refractivity contribution in [1.29, 1.82) is 0 Å². The SMILES string of the molecule is COC(=O)c1ccc(CN(C)CC2CNCCO2)nc1. The van der Waals surface area contributed by atoms with Crippen LogP contribution in [0.25, 0.3) is 0 Å². The van der Waals surface area contributed by atoms with Gasteiger partial charge in [0.15, 0.2) is 0 Å². The lowest BCUT2D eigenvalue weighted by atomic mass is 10.2. The van der Waals surface area contributed by atoms with E-state index in [9.17, 15) is 4.79 Å². The molecular weight excluding hydrogens is 258 g/mol. The van der Waals surface area contributed by atoms with Gasteiger partial charge in [0.05, 0.1) is 31.1 Å². The Kier molecular flexibility index (Phi) is 5.46. The van der Waals surface area contributed by atoms with Crippen molar-refractivity contribution in [3.63, 3.8) is 0 Å². The Morgan fingerprint density at radius 1 is 1.60 bits per heavy atom. The van der Waals surface area contributed by atoms with E-state index in [1.807, 2.05) is 13.1 Å². The fraction of sp³-hybridized carbons (Fsp3) is 0.571. The van der Waals surface area contributed by atoms with Crippen LogP contribution in [-0.2, 0) is 16.0 Å². The predicted molar refractivity (Wildman–Crippen MR) is 74.5 cm³/mol. The number of hydrogen-bond donors (Lipinski definition) is 1. The van der Waals surface area contributed by atoms with Crippen molar-refractivity contribution in [1.82, 2.24) is 15.2 Å². The second-order valence-corrected chi connectivity index (χ2v) is 4.92. The van der Waals surface area contributed by atoms with E-state index in [1.165, 1.54) is 7.11 Å². The fourth-order valence-corrected chi connectivity index (χ4v) is 2.18. The van der Waals surface area contributed by atoms with Crippen LogP contribution in [-0.4, -0.2) is 62.4 Å². The van der Waals surface area contributed by atoms with Crippen molar-refractivity contribution < 1.29 is 14.3 Å². The Labute approximate surface area is 119 Å². The molecule has 1 aromatic rings. The number of rotatable bonds is 5. The fourth-order valence-electron chi connectivity index (χ4n) is 2.18. The van der Waals surface area contributed by atoms with Crippen LogP contribution in [0.4, 0.5) is 0 Å². The van der Waals surface area contributed by atoms with Crippen molar-refractivity contribution in [2.24, 2.45) is 0 Å². The molecule has 0 radical (unpaired) electrons. The summed E-state index contributed by atoms with van der Waals surface area (Å²) in [5.74, 6) is -0.362. The molecule has 1 saturated heterocycles. The van der Waals surface area contributed by atoms with Crippen LogP contribution in [0.3, 0.4) is 0 Å². The van der Waals surface area contributed by atoms with Crippen molar-refractivity contribution in [3.8, 4) is 0 Å². The molecule has 110 valence electrons. The van der Waals surface area contributed by atoms with Crippen LogP contribution < -0.4 is 5.32 Å². The van der Waals surface area contributed by atoms with Gasteiger partial charge in [-0.2, -0.15) is 0 Å². The molecule has 0 spiro atoms. The van der Waals surface area contributed by atoms with E-state index in [-0.39, 0.29) is 12.1 Å².